The number of benzene rings is 1. The van der Waals surface area contributed by atoms with E-state index in [4.69, 9.17) is 4.99 Å². The normalized spacial score (nSPS) is 25.0. The number of anilines is 1. The van der Waals surface area contributed by atoms with Crippen molar-refractivity contribution >= 4 is 23.9 Å². The standard InChI is InChI=1S/C29H43N3O/c1-3-32(4-2)26-17-15-22(16-18-26)19-23(21-33)27-20-28(27)29(30-24-11-7-5-8-12-24)31-25-13-9-6-10-14-25/h15-19,21,24-25,27-28H,3-14,20H2,1-2H3,(H,30,31)/b23-19+/t27?,28-/m0/s1. The molecule has 3 fully saturated rings. The molecule has 0 aliphatic heterocycles. The van der Waals surface area contributed by atoms with Gasteiger partial charge in [0.05, 0.1) is 6.04 Å². The van der Waals surface area contributed by atoms with Crippen LogP contribution in [0.2, 0.25) is 0 Å². The van der Waals surface area contributed by atoms with E-state index in [-0.39, 0.29) is 0 Å². The van der Waals surface area contributed by atoms with E-state index in [1.807, 2.05) is 0 Å². The summed E-state index contributed by atoms with van der Waals surface area (Å²) >= 11 is 0. The van der Waals surface area contributed by atoms with Crippen LogP contribution < -0.4 is 10.2 Å². The Labute approximate surface area is 200 Å². The lowest BCUT2D eigenvalue weighted by Crippen LogP contribution is -2.38. The minimum Gasteiger partial charge on any atom is -0.372 e. The summed E-state index contributed by atoms with van der Waals surface area (Å²) in [6, 6.07) is 9.68. The third kappa shape index (κ3) is 6.49. The molecule has 1 unspecified atom stereocenters. The molecule has 4 heteroatoms. The van der Waals surface area contributed by atoms with Crippen LogP contribution in [-0.4, -0.2) is 37.3 Å². The minimum atomic E-state index is 0.309. The predicted molar refractivity (Wildman–Crippen MR) is 140 cm³/mol. The first-order chi connectivity index (χ1) is 16.2. The van der Waals surface area contributed by atoms with Gasteiger partial charge < -0.3 is 10.2 Å². The Kier molecular flexibility index (Phi) is 8.63. The van der Waals surface area contributed by atoms with Crippen molar-refractivity contribution < 1.29 is 4.79 Å². The van der Waals surface area contributed by atoms with E-state index >= 15 is 0 Å². The zero-order valence-electron chi connectivity index (χ0n) is 20.8. The van der Waals surface area contributed by atoms with Gasteiger partial charge in [-0.05, 0) is 81.2 Å². The van der Waals surface area contributed by atoms with Gasteiger partial charge in [0, 0.05) is 30.7 Å². The lowest BCUT2D eigenvalue weighted by atomic mass is 9.94. The molecule has 4 nitrogen and oxygen atoms in total. The van der Waals surface area contributed by atoms with Crippen molar-refractivity contribution in [3.8, 4) is 0 Å². The van der Waals surface area contributed by atoms with E-state index in [2.05, 4.69) is 54.4 Å². The summed E-state index contributed by atoms with van der Waals surface area (Å²) in [5.74, 6) is 1.91. The van der Waals surface area contributed by atoms with Crippen LogP contribution in [0.25, 0.3) is 6.08 Å². The molecule has 1 N–H and O–H groups in total. The topological polar surface area (TPSA) is 44.7 Å². The smallest absolute Gasteiger partial charge is 0.146 e. The van der Waals surface area contributed by atoms with Crippen molar-refractivity contribution in [3.63, 3.8) is 0 Å². The van der Waals surface area contributed by atoms with Crippen molar-refractivity contribution in [2.24, 2.45) is 16.8 Å². The lowest BCUT2D eigenvalue weighted by Gasteiger charge is -2.27. The van der Waals surface area contributed by atoms with Gasteiger partial charge in [-0.2, -0.15) is 0 Å². The Hall–Kier alpha value is -2.10. The summed E-state index contributed by atoms with van der Waals surface area (Å²) in [5.41, 5.74) is 3.29. The van der Waals surface area contributed by atoms with Gasteiger partial charge in [0.25, 0.3) is 0 Å². The lowest BCUT2D eigenvalue weighted by molar-refractivity contribution is -0.105. The number of amidine groups is 1. The molecule has 33 heavy (non-hydrogen) atoms. The fourth-order valence-corrected chi connectivity index (χ4v) is 5.76. The molecular weight excluding hydrogens is 406 g/mol. The highest BCUT2D eigenvalue weighted by Crippen LogP contribution is 2.45. The van der Waals surface area contributed by atoms with Gasteiger partial charge in [0.2, 0.25) is 0 Å². The molecule has 0 radical (unpaired) electrons. The van der Waals surface area contributed by atoms with Crippen molar-refractivity contribution in [1.82, 2.24) is 5.32 Å². The first-order valence-corrected chi connectivity index (χ1v) is 13.6. The van der Waals surface area contributed by atoms with E-state index in [0.717, 1.165) is 36.9 Å². The number of nitrogens with zero attached hydrogens (tertiary/aromatic N) is 2. The number of hydrogen-bond donors (Lipinski definition) is 1. The zero-order valence-corrected chi connectivity index (χ0v) is 20.8. The van der Waals surface area contributed by atoms with Gasteiger partial charge in [-0.3, -0.25) is 9.79 Å². The maximum Gasteiger partial charge on any atom is 0.146 e. The van der Waals surface area contributed by atoms with Crippen LogP contribution in [0.15, 0.2) is 34.8 Å². The van der Waals surface area contributed by atoms with Crippen LogP contribution in [0, 0.1) is 11.8 Å². The van der Waals surface area contributed by atoms with E-state index in [0.29, 0.717) is 23.9 Å². The molecule has 4 rings (SSSR count). The van der Waals surface area contributed by atoms with Crippen LogP contribution in [0.3, 0.4) is 0 Å². The monoisotopic (exact) mass is 449 g/mol. The average Bonchev–Trinajstić information content (AvgIpc) is 3.66. The second-order valence-corrected chi connectivity index (χ2v) is 10.3. The third-order valence-corrected chi connectivity index (χ3v) is 7.91. The molecule has 0 saturated heterocycles. The molecule has 0 aromatic heterocycles. The summed E-state index contributed by atoms with van der Waals surface area (Å²) in [7, 11) is 0. The molecule has 3 saturated carbocycles. The molecule has 0 spiro atoms. The molecule has 1 aromatic carbocycles. The van der Waals surface area contributed by atoms with Crippen LogP contribution in [0.4, 0.5) is 5.69 Å². The maximum absolute atomic E-state index is 12.1. The average molecular weight is 450 g/mol. The summed E-state index contributed by atoms with van der Waals surface area (Å²) in [6.45, 7) is 6.38. The van der Waals surface area contributed by atoms with Gasteiger partial charge in [-0.15, -0.1) is 0 Å². The van der Waals surface area contributed by atoms with E-state index in [1.54, 1.807) is 0 Å². The first-order valence-electron chi connectivity index (χ1n) is 13.6. The molecule has 2 atom stereocenters. The van der Waals surface area contributed by atoms with Gasteiger partial charge in [-0.1, -0.05) is 50.7 Å². The Morgan fingerprint density at radius 3 is 2.18 bits per heavy atom. The highest BCUT2D eigenvalue weighted by Gasteiger charge is 2.44. The largest absolute Gasteiger partial charge is 0.372 e. The van der Waals surface area contributed by atoms with E-state index in [1.165, 1.54) is 75.7 Å². The molecule has 0 amide bonds. The molecule has 0 bridgehead atoms. The Bertz CT molecular complexity index is 812. The van der Waals surface area contributed by atoms with Gasteiger partial charge in [0.15, 0.2) is 0 Å². The highest BCUT2D eigenvalue weighted by atomic mass is 16.1. The SMILES string of the molecule is CCN(CC)c1ccc(/C=C(\C=O)C2C[C@@H]2C(=NC2CCCCC2)NC2CCCCC2)cc1. The number of nitrogens with one attached hydrogen (secondary N) is 1. The van der Waals surface area contributed by atoms with Gasteiger partial charge >= 0.3 is 0 Å². The summed E-state index contributed by atoms with van der Waals surface area (Å²) < 4.78 is 0. The Morgan fingerprint density at radius 2 is 1.58 bits per heavy atom. The fraction of sp³-hybridized carbons (Fsp3) is 0.655. The number of allylic oxidation sites excluding steroid dienone is 1. The van der Waals surface area contributed by atoms with Crippen LogP contribution >= 0.6 is 0 Å². The van der Waals surface area contributed by atoms with Crippen molar-refractivity contribution in [3.05, 3.63) is 35.4 Å². The number of carbonyl (C=O) groups is 1. The quantitative estimate of drug-likeness (QED) is 0.205. The second kappa shape index (κ2) is 11.9. The van der Waals surface area contributed by atoms with E-state index < -0.39 is 0 Å². The minimum absolute atomic E-state index is 0.309. The van der Waals surface area contributed by atoms with Crippen molar-refractivity contribution in [2.45, 2.75) is 96.6 Å². The molecular formula is C29H43N3O. The molecule has 3 aliphatic rings. The Morgan fingerprint density at radius 1 is 0.939 bits per heavy atom. The summed E-state index contributed by atoms with van der Waals surface area (Å²) in [4.78, 5) is 19.7. The van der Waals surface area contributed by atoms with Crippen LogP contribution in [0.1, 0.15) is 90.0 Å². The number of aliphatic imine (C=N–C) groups is 1. The fourth-order valence-electron chi connectivity index (χ4n) is 5.76. The molecule has 1 aromatic rings. The first kappa shape index (κ1) is 24.0. The second-order valence-electron chi connectivity index (χ2n) is 10.3. The Balaban J connectivity index is 1.47. The van der Waals surface area contributed by atoms with Crippen molar-refractivity contribution in [1.29, 1.82) is 0 Å². The van der Waals surface area contributed by atoms with Gasteiger partial charge in [0.1, 0.15) is 12.1 Å². The molecule has 0 heterocycles. The summed E-state index contributed by atoms with van der Waals surface area (Å²) in [5, 5.41) is 3.87. The zero-order chi connectivity index (χ0) is 23.0. The van der Waals surface area contributed by atoms with E-state index in [9.17, 15) is 4.79 Å². The maximum atomic E-state index is 12.1. The third-order valence-electron chi connectivity index (χ3n) is 7.91. The van der Waals surface area contributed by atoms with Crippen LogP contribution in [0.5, 0.6) is 0 Å². The highest BCUT2D eigenvalue weighted by molar-refractivity contribution is 5.92. The number of rotatable bonds is 9. The number of hydrogen-bond acceptors (Lipinski definition) is 3. The molecule has 3 aliphatic carbocycles. The summed E-state index contributed by atoms with van der Waals surface area (Å²) in [6.07, 6.45) is 17.2. The number of aldehydes is 1. The van der Waals surface area contributed by atoms with Crippen LogP contribution in [-0.2, 0) is 4.79 Å². The predicted octanol–water partition coefficient (Wildman–Crippen LogP) is 6.40. The van der Waals surface area contributed by atoms with Gasteiger partial charge in [-0.25, -0.2) is 0 Å². The molecule has 180 valence electrons. The van der Waals surface area contributed by atoms with Crippen molar-refractivity contribution in [2.75, 3.05) is 18.0 Å². The number of carbonyl (C=O) groups excluding carboxylic acids is 1.